The maximum absolute atomic E-state index is 14.1. The number of anilines is 1. The molecule has 0 radical (unpaired) electrons. The maximum atomic E-state index is 14.1. The Labute approximate surface area is 246 Å². The molecule has 0 unspecified atom stereocenters. The Morgan fingerprint density at radius 1 is 1.15 bits per heavy atom. The summed E-state index contributed by atoms with van der Waals surface area (Å²) in [4.78, 5) is 39.8. The molecule has 218 valence electrons. The molecule has 0 saturated heterocycles. The van der Waals surface area contributed by atoms with E-state index >= 15 is 0 Å². The molecule has 1 aromatic carbocycles. The zero-order valence-corrected chi connectivity index (χ0v) is 24.8. The SMILES string of the molecule is CCOC(=O)c1c(NC(=O)[C@@H](C)Sc2nnc(CNC(=O)c3ccccc3F)n2C2CCCCC2)sc2c1CCC2. The number of aromatic nitrogens is 3. The van der Waals surface area contributed by atoms with Gasteiger partial charge >= 0.3 is 5.97 Å². The van der Waals surface area contributed by atoms with E-state index < -0.39 is 22.9 Å². The largest absolute Gasteiger partial charge is 0.462 e. The molecule has 0 bridgehead atoms. The first-order chi connectivity index (χ1) is 19.9. The molecule has 2 N–H and O–H groups in total. The molecule has 12 heteroatoms. The Morgan fingerprint density at radius 3 is 2.68 bits per heavy atom. The maximum Gasteiger partial charge on any atom is 0.341 e. The highest BCUT2D eigenvalue weighted by Crippen LogP contribution is 2.40. The molecular formula is C29H34FN5O4S2. The molecule has 2 amide bonds. The van der Waals surface area contributed by atoms with E-state index in [0.29, 0.717) is 21.5 Å². The summed E-state index contributed by atoms with van der Waals surface area (Å²) in [5.41, 5.74) is 1.44. The zero-order chi connectivity index (χ0) is 28.9. The highest BCUT2D eigenvalue weighted by Gasteiger charge is 2.31. The quantitative estimate of drug-likeness (QED) is 0.227. The van der Waals surface area contributed by atoms with Crippen LogP contribution < -0.4 is 10.6 Å². The molecule has 0 aliphatic heterocycles. The molecule has 9 nitrogen and oxygen atoms in total. The molecule has 41 heavy (non-hydrogen) atoms. The molecular weight excluding hydrogens is 565 g/mol. The number of amides is 2. The van der Waals surface area contributed by atoms with Crippen molar-refractivity contribution in [2.75, 3.05) is 11.9 Å². The molecule has 1 saturated carbocycles. The molecule has 2 aliphatic rings. The summed E-state index contributed by atoms with van der Waals surface area (Å²) in [5, 5.41) is 15.1. The van der Waals surface area contributed by atoms with E-state index in [1.807, 2.05) is 4.57 Å². The normalized spacial score (nSPS) is 15.8. The first-order valence-electron chi connectivity index (χ1n) is 14.1. The van der Waals surface area contributed by atoms with Gasteiger partial charge in [-0.15, -0.1) is 21.5 Å². The fourth-order valence-electron chi connectivity index (χ4n) is 5.45. The smallest absolute Gasteiger partial charge is 0.341 e. The fourth-order valence-corrected chi connectivity index (χ4v) is 7.67. The number of nitrogens with one attached hydrogen (secondary N) is 2. The van der Waals surface area contributed by atoms with Crippen molar-refractivity contribution in [2.24, 2.45) is 0 Å². The molecule has 5 rings (SSSR count). The van der Waals surface area contributed by atoms with Gasteiger partial charge in [0.25, 0.3) is 5.91 Å². The second-order valence-corrected chi connectivity index (χ2v) is 12.7. The Kier molecular flexibility index (Phi) is 9.39. The highest BCUT2D eigenvalue weighted by atomic mass is 32.2. The molecule has 1 fully saturated rings. The zero-order valence-electron chi connectivity index (χ0n) is 23.2. The van der Waals surface area contributed by atoms with Crippen LogP contribution in [0.1, 0.15) is 95.4 Å². The third kappa shape index (κ3) is 6.48. The number of carbonyl (C=O) groups excluding carboxylic acids is 3. The van der Waals surface area contributed by atoms with Crippen LogP contribution in [0.3, 0.4) is 0 Å². The van der Waals surface area contributed by atoms with Gasteiger partial charge < -0.3 is 19.9 Å². The molecule has 3 aromatic rings. The minimum Gasteiger partial charge on any atom is -0.462 e. The summed E-state index contributed by atoms with van der Waals surface area (Å²) >= 11 is 2.74. The number of aryl methyl sites for hydroxylation is 1. The van der Waals surface area contributed by atoms with Crippen LogP contribution in [0, 0.1) is 5.82 Å². The fraction of sp³-hybridized carbons (Fsp3) is 0.483. The summed E-state index contributed by atoms with van der Waals surface area (Å²) < 4.78 is 21.4. The topological polar surface area (TPSA) is 115 Å². The number of ether oxygens (including phenoxy) is 1. The lowest BCUT2D eigenvalue weighted by Gasteiger charge is -2.26. The van der Waals surface area contributed by atoms with Crippen molar-refractivity contribution >= 4 is 45.9 Å². The van der Waals surface area contributed by atoms with Crippen molar-refractivity contribution in [3.63, 3.8) is 0 Å². The van der Waals surface area contributed by atoms with Gasteiger partial charge in [0.2, 0.25) is 5.91 Å². The first kappa shape index (κ1) is 29.2. The average molecular weight is 600 g/mol. The number of esters is 1. The van der Waals surface area contributed by atoms with Crippen molar-refractivity contribution in [1.82, 2.24) is 20.1 Å². The van der Waals surface area contributed by atoms with Gasteiger partial charge in [-0.2, -0.15) is 0 Å². The van der Waals surface area contributed by atoms with Crippen molar-refractivity contribution < 1.29 is 23.5 Å². The minimum atomic E-state index is -0.586. The number of thioether (sulfide) groups is 1. The number of hydrogen-bond acceptors (Lipinski definition) is 8. The second kappa shape index (κ2) is 13.2. The van der Waals surface area contributed by atoms with Crippen LogP contribution in [0.5, 0.6) is 0 Å². The number of thiophene rings is 1. The summed E-state index contributed by atoms with van der Waals surface area (Å²) in [5.74, 6) is -1.19. The third-order valence-corrected chi connectivity index (χ3v) is 9.75. The van der Waals surface area contributed by atoms with E-state index in [0.717, 1.165) is 61.8 Å². The van der Waals surface area contributed by atoms with E-state index in [4.69, 9.17) is 4.74 Å². The number of fused-ring (bicyclic) bond motifs is 1. The molecule has 2 aromatic heterocycles. The van der Waals surface area contributed by atoms with Gasteiger partial charge in [0.1, 0.15) is 10.8 Å². The number of rotatable bonds is 10. The Bertz CT molecular complexity index is 1430. The second-order valence-electron chi connectivity index (χ2n) is 10.3. The van der Waals surface area contributed by atoms with Gasteiger partial charge in [-0.25, -0.2) is 9.18 Å². The number of hydrogen-bond donors (Lipinski definition) is 2. The lowest BCUT2D eigenvalue weighted by atomic mass is 9.95. The monoisotopic (exact) mass is 599 g/mol. The van der Waals surface area contributed by atoms with Crippen LogP contribution in [0.2, 0.25) is 0 Å². The van der Waals surface area contributed by atoms with Crippen LogP contribution in [-0.2, 0) is 28.9 Å². The first-order valence-corrected chi connectivity index (χ1v) is 15.8. The molecule has 1 atom stereocenters. The van der Waals surface area contributed by atoms with E-state index in [9.17, 15) is 18.8 Å². The summed E-state index contributed by atoms with van der Waals surface area (Å²) in [7, 11) is 0. The van der Waals surface area contributed by atoms with Crippen molar-refractivity contribution in [2.45, 2.75) is 88.2 Å². The standard InChI is InChI=1S/C29H34FN5O4S2/c1-3-39-28(38)24-20-13-9-15-22(20)41-27(24)32-25(36)17(2)40-29-34-33-23(35(29)18-10-5-4-6-11-18)16-31-26(37)19-12-7-8-14-21(19)30/h7-8,12,14,17-18H,3-6,9-11,13,15-16H2,1-2H3,(H,31,37)(H,32,36)/t17-/m1/s1. The van der Waals surface area contributed by atoms with Crippen LogP contribution in [0.4, 0.5) is 9.39 Å². The predicted octanol–water partition coefficient (Wildman–Crippen LogP) is 5.70. The Morgan fingerprint density at radius 2 is 1.93 bits per heavy atom. The van der Waals surface area contributed by atoms with Gasteiger partial charge in [-0.1, -0.05) is 43.2 Å². The molecule has 2 heterocycles. The minimum absolute atomic E-state index is 0.0298. The van der Waals surface area contributed by atoms with E-state index in [1.165, 1.54) is 41.3 Å². The molecule has 2 aliphatic carbocycles. The molecule has 0 spiro atoms. The number of carbonyl (C=O) groups is 3. The lowest BCUT2D eigenvalue weighted by molar-refractivity contribution is -0.115. The number of nitrogens with zero attached hydrogens (tertiary/aromatic N) is 3. The summed E-state index contributed by atoms with van der Waals surface area (Å²) in [6, 6.07) is 5.99. The van der Waals surface area contributed by atoms with Gasteiger partial charge in [0.15, 0.2) is 11.0 Å². The van der Waals surface area contributed by atoms with Crippen molar-refractivity contribution in [3.8, 4) is 0 Å². The van der Waals surface area contributed by atoms with Gasteiger partial charge in [0.05, 0.1) is 29.5 Å². The van der Waals surface area contributed by atoms with Crippen LogP contribution in [-0.4, -0.2) is 44.4 Å². The highest BCUT2D eigenvalue weighted by molar-refractivity contribution is 8.00. The number of halogens is 1. The van der Waals surface area contributed by atoms with Gasteiger partial charge in [-0.05, 0) is 63.6 Å². The van der Waals surface area contributed by atoms with Crippen molar-refractivity contribution in [3.05, 3.63) is 57.5 Å². The van der Waals surface area contributed by atoms with E-state index in [-0.39, 0.29) is 30.7 Å². The lowest BCUT2D eigenvalue weighted by Crippen LogP contribution is -2.27. The average Bonchev–Trinajstić information content (AvgIpc) is 3.67. The van der Waals surface area contributed by atoms with E-state index in [2.05, 4.69) is 20.8 Å². The van der Waals surface area contributed by atoms with Crippen LogP contribution >= 0.6 is 23.1 Å². The van der Waals surface area contributed by atoms with Gasteiger partial charge in [0, 0.05) is 10.9 Å². The Hall–Kier alpha value is -3.25. The third-order valence-electron chi connectivity index (χ3n) is 7.49. The van der Waals surface area contributed by atoms with E-state index in [1.54, 1.807) is 19.9 Å². The summed E-state index contributed by atoms with van der Waals surface area (Å²) in [6.45, 7) is 3.92. The predicted molar refractivity (Wildman–Crippen MR) is 156 cm³/mol. The number of benzene rings is 1. The van der Waals surface area contributed by atoms with Crippen LogP contribution in [0.15, 0.2) is 29.4 Å². The van der Waals surface area contributed by atoms with Crippen LogP contribution in [0.25, 0.3) is 0 Å². The van der Waals surface area contributed by atoms with Crippen molar-refractivity contribution in [1.29, 1.82) is 0 Å². The van der Waals surface area contributed by atoms with Gasteiger partial charge in [-0.3, -0.25) is 9.59 Å². The summed E-state index contributed by atoms with van der Waals surface area (Å²) in [6.07, 6.45) is 7.90. The Balaban J connectivity index is 1.32.